The Morgan fingerprint density at radius 2 is 1.92 bits per heavy atom. The van der Waals surface area contributed by atoms with Gasteiger partial charge in [0.1, 0.15) is 0 Å². The smallest absolute Gasteiger partial charge is 0.312 e. The third kappa shape index (κ3) is 3.56. The second-order valence-electron chi connectivity index (χ2n) is 4.60. The first-order valence-electron chi connectivity index (χ1n) is 6.37. The van der Waals surface area contributed by atoms with E-state index in [1.54, 1.807) is 0 Å². The number of aromatic hydroxyl groups is 1. The monoisotopic (exact) mass is 389 g/mol. The summed E-state index contributed by atoms with van der Waals surface area (Å²) in [6.07, 6.45) is 1.34. The van der Waals surface area contributed by atoms with Crippen LogP contribution in [0.5, 0.6) is 5.75 Å². The van der Waals surface area contributed by atoms with Crippen LogP contribution in [-0.4, -0.2) is 15.0 Å². The van der Waals surface area contributed by atoms with Gasteiger partial charge in [0.05, 0.1) is 26.0 Å². The van der Waals surface area contributed by atoms with Gasteiger partial charge in [0.15, 0.2) is 0 Å². The molecule has 2 aromatic carbocycles. The lowest BCUT2D eigenvalue weighted by atomic mass is 10.0. The molecule has 2 rings (SSSR count). The summed E-state index contributed by atoms with van der Waals surface area (Å²) in [5.41, 5.74) is -0.0166. The second-order valence-corrected chi connectivity index (χ2v) is 5.46. The standard InChI is InChI=1S/C15H8BrN3O5/c16-13-5-9(6-14(15(13)20)19(23)24)4-11(8-17)10-2-1-3-12(7-10)18(21)22/h1-7,20H. The summed E-state index contributed by atoms with van der Waals surface area (Å²) in [6.45, 7) is 0. The Morgan fingerprint density at radius 3 is 2.50 bits per heavy atom. The topological polar surface area (TPSA) is 130 Å². The van der Waals surface area contributed by atoms with Crippen LogP contribution in [-0.2, 0) is 0 Å². The molecule has 0 aliphatic carbocycles. The third-order valence-electron chi connectivity index (χ3n) is 3.06. The van der Waals surface area contributed by atoms with E-state index in [0.717, 1.165) is 6.07 Å². The third-order valence-corrected chi connectivity index (χ3v) is 3.67. The molecule has 2 aromatic rings. The van der Waals surface area contributed by atoms with Crippen molar-refractivity contribution in [2.75, 3.05) is 0 Å². The van der Waals surface area contributed by atoms with Crippen LogP contribution in [0.3, 0.4) is 0 Å². The number of rotatable bonds is 4. The molecule has 8 nitrogen and oxygen atoms in total. The van der Waals surface area contributed by atoms with Crippen molar-refractivity contribution >= 4 is 39.0 Å². The lowest BCUT2D eigenvalue weighted by Crippen LogP contribution is -1.91. The summed E-state index contributed by atoms with van der Waals surface area (Å²) in [4.78, 5) is 20.4. The molecule has 0 bridgehead atoms. The maximum absolute atomic E-state index is 10.9. The zero-order valence-electron chi connectivity index (χ0n) is 11.8. The van der Waals surface area contributed by atoms with Crippen molar-refractivity contribution < 1.29 is 15.0 Å². The number of benzene rings is 2. The lowest BCUT2D eigenvalue weighted by Gasteiger charge is -2.03. The van der Waals surface area contributed by atoms with Gasteiger partial charge in [0, 0.05) is 18.2 Å². The number of nitriles is 1. The second kappa shape index (κ2) is 6.89. The molecule has 9 heteroatoms. The highest BCUT2D eigenvalue weighted by Gasteiger charge is 2.18. The highest BCUT2D eigenvalue weighted by Crippen LogP contribution is 2.36. The number of nitro groups is 2. The molecule has 0 aliphatic rings. The van der Waals surface area contributed by atoms with E-state index >= 15 is 0 Å². The van der Waals surface area contributed by atoms with Crippen molar-refractivity contribution in [2.24, 2.45) is 0 Å². The van der Waals surface area contributed by atoms with Crippen LogP contribution in [0.15, 0.2) is 40.9 Å². The summed E-state index contributed by atoms with van der Waals surface area (Å²) in [5.74, 6) is -0.522. The molecule has 24 heavy (non-hydrogen) atoms. The SMILES string of the molecule is N#CC(=Cc1cc(Br)c(O)c([N+](=O)[O-])c1)c1cccc([N+](=O)[O-])c1. The summed E-state index contributed by atoms with van der Waals surface area (Å²) >= 11 is 3.01. The number of non-ortho nitro benzene ring substituents is 1. The Kier molecular flexibility index (Phi) is 4.91. The number of phenolic OH excluding ortho intramolecular Hbond substituents is 1. The molecule has 0 heterocycles. The van der Waals surface area contributed by atoms with E-state index in [2.05, 4.69) is 15.9 Å². The zero-order chi connectivity index (χ0) is 17.9. The lowest BCUT2D eigenvalue weighted by molar-refractivity contribution is -0.386. The number of allylic oxidation sites excluding steroid dienone is 1. The first-order chi connectivity index (χ1) is 11.3. The van der Waals surface area contributed by atoms with Gasteiger partial charge in [-0.25, -0.2) is 0 Å². The normalized spacial score (nSPS) is 10.9. The van der Waals surface area contributed by atoms with Gasteiger partial charge in [-0.1, -0.05) is 12.1 Å². The van der Waals surface area contributed by atoms with Gasteiger partial charge in [0.25, 0.3) is 5.69 Å². The van der Waals surface area contributed by atoms with E-state index in [4.69, 9.17) is 0 Å². The minimum absolute atomic E-state index is 0.0885. The van der Waals surface area contributed by atoms with Gasteiger partial charge in [-0.05, 0) is 39.2 Å². The van der Waals surface area contributed by atoms with Crippen LogP contribution in [0.25, 0.3) is 11.6 Å². The molecule has 0 atom stereocenters. The number of phenols is 1. The Bertz CT molecular complexity index is 918. The summed E-state index contributed by atoms with van der Waals surface area (Å²) in [6, 6.07) is 9.90. The highest BCUT2D eigenvalue weighted by molar-refractivity contribution is 9.10. The fourth-order valence-corrected chi connectivity index (χ4v) is 2.43. The molecule has 0 fully saturated rings. The first-order valence-corrected chi connectivity index (χ1v) is 7.16. The van der Waals surface area contributed by atoms with Gasteiger partial charge < -0.3 is 5.11 Å². The van der Waals surface area contributed by atoms with Crippen molar-refractivity contribution in [3.8, 4) is 11.8 Å². The van der Waals surface area contributed by atoms with Gasteiger partial charge >= 0.3 is 5.69 Å². The molecule has 0 saturated heterocycles. The highest BCUT2D eigenvalue weighted by atomic mass is 79.9. The molecule has 0 unspecified atom stereocenters. The van der Waals surface area contributed by atoms with Crippen molar-refractivity contribution in [1.82, 2.24) is 0 Å². The Morgan fingerprint density at radius 1 is 1.21 bits per heavy atom. The van der Waals surface area contributed by atoms with E-state index in [1.165, 1.54) is 36.4 Å². The summed E-state index contributed by atoms with van der Waals surface area (Å²) in [7, 11) is 0. The fraction of sp³-hybridized carbons (Fsp3) is 0. The van der Waals surface area contributed by atoms with Crippen LogP contribution in [0, 0.1) is 31.6 Å². The van der Waals surface area contributed by atoms with Crippen molar-refractivity contribution in [3.05, 3.63) is 72.2 Å². The maximum atomic E-state index is 10.9. The van der Waals surface area contributed by atoms with Crippen molar-refractivity contribution in [2.45, 2.75) is 0 Å². The van der Waals surface area contributed by atoms with E-state index in [0.29, 0.717) is 5.56 Å². The minimum atomic E-state index is -0.753. The maximum Gasteiger partial charge on any atom is 0.312 e. The predicted octanol–water partition coefficient (Wildman–Crippen LogP) is 4.04. The Labute approximate surface area is 143 Å². The molecular formula is C15H8BrN3O5. The molecule has 0 spiro atoms. The quantitative estimate of drug-likeness (QED) is 0.363. The van der Waals surface area contributed by atoms with E-state index in [-0.39, 0.29) is 21.3 Å². The van der Waals surface area contributed by atoms with Crippen LogP contribution >= 0.6 is 15.9 Å². The molecule has 0 aliphatic heterocycles. The van der Waals surface area contributed by atoms with Crippen LogP contribution in [0.2, 0.25) is 0 Å². The number of nitro benzene ring substituents is 2. The van der Waals surface area contributed by atoms with Crippen molar-refractivity contribution in [3.63, 3.8) is 0 Å². The zero-order valence-corrected chi connectivity index (χ0v) is 13.4. The number of halogens is 1. The average Bonchev–Trinajstić information content (AvgIpc) is 2.55. The molecule has 120 valence electrons. The van der Waals surface area contributed by atoms with E-state index < -0.39 is 21.3 Å². The van der Waals surface area contributed by atoms with E-state index in [1.807, 2.05) is 6.07 Å². The fourth-order valence-electron chi connectivity index (χ4n) is 1.96. The van der Waals surface area contributed by atoms with Crippen molar-refractivity contribution in [1.29, 1.82) is 5.26 Å². The predicted molar refractivity (Wildman–Crippen MR) is 89.0 cm³/mol. The van der Waals surface area contributed by atoms with Crippen LogP contribution < -0.4 is 0 Å². The number of hydrogen-bond donors (Lipinski definition) is 1. The molecule has 0 amide bonds. The number of hydrogen-bond acceptors (Lipinski definition) is 6. The minimum Gasteiger partial charge on any atom is -0.501 e. The molecular weight excluding hydrogens is 382 g/mol. The largest absolute Gasteiger partial charge is 0.501 e. The Hall–Kier alpha value is -3.25. The molecule has 0 radical (unpaired) electrons. The average molecular weight is 390 g/mol. The molecule has 0 aromatic heterocycles. The molecule has 1 N–H and O–H groups in total. The Balaban J connectivity index is 2.56. The summed E-state index contributed by atoms with van der Waals surface area (Å²) < 4.78 is 0.0966. The van der Waals surface area contributed by atoms with Gasteiger partial charge in [-0.15, -0.1) is 0 Å². The van der Waals surface area contributed by atoms with Crippen LogP contribution in [0.1, 0.15) is 11.1 Å². The van der Waals surface area contributed by atoms with Gasteiger partial charge in [0.2, 0.25) is 5.75 Å². The molecule has 0 saturated carbocycles. The van der Waals surface area contributed by atoms with Gasteiger partial charge in [-0.3, -0.25) is 20.2 Å². The van der Waals surface area contributed by atoms with Crippen LogP contribution in [0.4, 0.5) is 11.4 Å². The number of nitrogens with zero attached hydrogens (tertiary/aromatic N) is 3. The summed E-state index contributed by atoms with van der Waals surface area (Å²) in [5, 5.41) is 40.7. The first kappa shape index (κ1) is 17.1. The van der Waals surface area contributed by atoms with E-state index in [9.17, 15) is 30.6 Å². The van der Waals surface area contributed by atoms with Gasteiger partial charge in [-0.2, -0.15) is 5.26 Å².